The number of nitrogens with one attached hydrogen (secondary N) is 1. The number of tetrazole rings is 1. The van der Waals surface area contributed by atoms with Gasteiger partial charge in [-0.05, 0) is 52.6 Å². The van der Waals surface area contributed by atoms with Gasteiger partial charge in [0.2, 0.25) is 11.8 Å². The second kappa shape index (κ2) is 12.4. The fourth-order valence-corrected chi connectivity index (χ4v) is 4.59. The highest BCUT2D eigenvalue weighted by atomic mass is 16.5. The number of hydrogen-bond acceptors (Lipinski definition) is 8. The molecular formula is C29H31N9O3. The van der Waals surface area contributed by atoms with Crippen LogP contribution >= 0.6 is 0 Å². The van der Waals surface area contributed by atoms with Gasteiger partial charge >= 0.3 is 0 Å². The Kier molecular flexibility index (Phi) is 8.28. The molecule has 12 nitrogen and oxygen atoms in total. The highest BCUT2D eigenvalue weighted by Crippen LogP contribution is 2.34. The zero-order valence-corrected chi connectivity index (χ0v) is 23.1. The number of fused-ring (bicyclic) bond motifs is 1. The van der Waals surface area contributed by atoms with Crippen molar-refractivity contribution in [2.75, 3.05) is 18.6 Å². The van der Waals surface area contributed by atoms with Crippen LogP contribution in [-0.4, -0.2) is 60.7 Å². The van der Waals surface area contributed by atoms with E-state index in [0.29, 0.717) is 46.2 Å². The summed E-state index contributed by atoms with van der Waals surface area (Å²) in [6.45, 7) is 4.53. The van der Waals surface area contributed by atoms with Gasteiger partial charge in [0.1, 0.15) is 35.9 Å². The van der Waals surface area contributed by atoms with Crippen LogP contribution in [0, 0.1) is 5.92 Å². The average molecular weight is 554 g/mol. The summed E-state index contributed by atoms with van der Waals surface area (Å²) >= 11 is 0. The van der Waals surface area contributed by atoms with Crippen LogP contribution in [0.4, 0.5) is 5.69 Å². The predicted molar refractivity (Wildman–Crippen MR) is 152 cm³/mol. The van der Waals surface area contributed by atoms with Gasteiger partial charge in [0, 0.05) is 18.3 Å². The summed E-state index contributed by atoms with van der Waals surface area (Å²) in [5.74, 6) is 0.181. The number of methoxy groups -OCH3 is 1. The molecule has 2 amide bonds. The van der Waals surface area contributed by atoms with Crippen molar-refractivity contribution in [1.82, 2.24) is 40.5 Å². The minimum absolute atomic E-state index is 0.139. The topological polar surface area (TPSA) is 133 Å². The quantitative estimate of drug-likeness (QED) is 0.263. The number of carbonyl (C=O) groups excluding carboxylic acids is 2. The number of rotatable bonds is 11. The molecule has 1 N–H and O–H groups in total. The fourth-order valence-electron chi connectivity index (χ4n) is 4.59. The smallest absolute Gasteiger partial charge is 0.249 e. The van der Waals surface area contributed by atoms with E-state index in [4.69, 9.17) is 4.74 Å². The van der Waals surface area contributed by atoms with E-state index in [2.05, 4.69) is 45.0 Å². The molecule has 2 aromatic heterocycles. The van der Waals surface area contributed by atoms with E-state index in [9.17, 15) is 9.59 Å². The molecule has 1 atom stereocenters. The van der Waals surface area contributed by atoms with E-state index in [1.165, 1.54) is 27.7 Å². The lowest BCUT2D eigenvalue weighted by Gasteiger charge is -2.32. The van der Waals surface area contributed by atoms with Gasteiger partial charge in [-0.1, -0.05) is 61.5 Å². The molecular weight excluding hydrogens is 522 g/mol. The minimum Gasteiger partial charge on any atom is -0.494 e. The maximum atomic E-state index is 14.2. The molecule has 0 bridgehead atoms. The van der Waals surface area contributed by atoms with Crippen LogP contribution in [0.5, 0.6) is 5.75 Å². The lowest BCUT2D eigenvalue weighted by molar-refractivity contribution is -0.127. The number of carbonyl (C=O) groups is 2. The van der Waals surface area contributed by atoms with E-state index >= 15 is 0 Å². The summed E-state index contributed by atoms with van der Waals surface area (Å²) in [5.41, 5.74) is 3.08. The summed E-state index contributed by atoms with van der Waals surface area (Å²) < 4.78 is 8.66. The van der Waals surface area contributed by atoms with Gasteiger partial charge in [-0.15, -0.1) is 10.2 Å². The van der Waals surface area contributed by atoms with E-state index in [1.807, 2.05) is 54.6 Å². The highest BCUT2D eigenvalue weighted by Gasteiger charge is 2.33. The number of para-hydroxylation sites is 1. The molecule has 0 radical (unpaired) electrons. The van der Waals surface area contributed by atoms with Crippen LogP contribution in [0.1, 0.15) is 31.9 Å². The third kappa shape index (κ3) is 6.06. The van der Waals surface area contributed by atoms with Crippen LogP contribution in [0.3, 0.4) is 0 Å². The third-order valence-electron chi connectivity index (χ3n) is 6.65. The van der Waals surface area contributed by atoms with Gasteiger partial charge in [0.05, 0.1) is 12.6 Å². The number of benzene rings is 3. The number of nitrogens with zero attached hydrogens (tertiary/aromatic N) is 8. The van der Waals surface area contributed by atoms with Gasteiger partial charge in [-0.2, -0.15) is 4.68 Å². The van der Waals surface area contributed by atoms with E-state index in [0.717, 1.165) is 6.42 Å². The first-order chi connectivity index (χ1) is 20.0. The molecule has 0 aliphatic rings. The van der Waals surface area contributed by atoms with Gasteiger partial charge in [-0.25, -0.2) is 4.68 Å². The Bertz CT molecular complexity index is 1620. The van der Waals surface area contributed by atoms with Crippen LogP contribution in [0.15, 0.2) is 79.1 Å². The van der Waals surface area contributed by atoms with Crippen LogP contribution in [0.2, 0.25) is 0 Å². The van der Waals surface area contributed by atoms with Crippen molar-refractivity contribution in [1.29, 1.82) is 0 Å². The van der Waals surface area contributed by atoms with Crippen molar-refractivity contribution < 1.29 is 14.3 Å². The molecule has 2 heterocycles. The largest absolute Gasteiger partial charge is 0.494 e. The van der Waals surface area contributed by atoms with Crippen molar-refractivity contribution in [2.45, 2.75) is 32.9 Å². The molecule has 3 aromatic carbocycles. The minimum atomic E-state index is -0.964. The Morgan fingerprint density at radius 2 is 1.78 bits per heavy atom. The first kappa shape index (κ1) is 27.4. The van der Waals surface area contributed by atoms with Crippen molar-refractivity contribution in [2.24, 2.45) is 5.92 Å². The van der Waals surface area contributed by atoms with Crippen LogP contribution in [-0.2, 0) is 16.1 Å². The first-order valence-corrected chi connectivity index (χ1v) is 13.3. The van der Waals surface area contributed by atoms with Crippen molar-refractivity contribution in [3.8, 4) is 11.4 Å². The number of ether oxygens (including phenoxy) is 1. The number of anilines is 1. The summed E-state index contributed by atoms with van der Waals surface area (Å²) in [5, 5.41) is 22.8. The summed E-state index contributed by atoms with van der Waals surface area (Å²) in [4.78, 5) is 29.6. The lowest BCUT2D eigenvalue weighted by Crippen LogP contribution is -2.45. The second-order valence-electron chi connectivity index (χ2n) is 9.90. The lowest BCUT2D eigenvalue weighted by atomic mass is 10.0. The maximum absolute atomic E-state index is 14.2. The van der Waals surface area contributed by atoms with E-state index in [-0.39, 0.29) is 18.4 Å². The van der Waals surface area contributed by atoms with Crippen molar-refractivity contribution in [3.05, 3.63) is 84.7 Å². The molecule has 12 heteroatoms. The summed E-state index contributed by atoms with van der Waals surface area (Å²) in [6.07, 6.45) is 2.26. The third-order valence-corrected chi connectivity index (χ3v) is 6.65. The molecule has 0 saturated heterocycles. The molecule has 0 aliphatic heterocycles. The monoisotopic (exact) mass is 553 g/mol. The van der Waals surface area contributed by atoms with E-state index < -0.39 is 6.04 Å². The summed E-state index contributed by atoms with van der Waals surface area (Å²) in [7, 11) is 1.52. The van der Waals surface area contributed by atoms with E-state index in [1.54, 1.807) is 18.2 Å². The molecule has 5 rings (SSSR count). The average Bonchev–Trinajstić information content (AvgIpc) is 3.66. The molecule has 0 spiro atoms. The standard InChI is InChI=1S/C29H31N9O3/c1-20(2)15-16-30-29(40)28(21-9-5-4-6-10-21)38(27(39)18-36-24-12-8-7-11-23(24)32-34-36)22-13-14-25(26(17-22)41-3)37-19-31-33-35-37/h4-14,17,19-20,28H,15-16,18H2,1-3H3,(H,30,40)/t28-/m1/s1. The molecule has 0 fully saturated rings. The van der Waals surface area contributed by atoms with Gasteiger partial charge in [0.15, 0.2) is 0 Å². The predicted octanol–water partition coefficient (Wildman–Crippen LogP) is 3.35. The molecule has 41 heavy (non-hydrogen) atoms. The SMILES string of the molecule is COc1cc(N(C(=O)Cn2nnc3ccccc32)[C@@H](C(=O)NCCC(C)C)c2ccccc2)ccc1-n1cnnn1. The maximum Gasteiger partial charge on any atom is 0.249 e. The zero-order chi connectivity index (χ0) is 28.8. The highest BCUT2D eigenvalue weighted by molar-refractivity contribution is 6.01. The molecule has 210 valence electrons. The number of aromatic nitrogens is 7. The van der Waals surface area contributed by atoms with Crippen molar-refractivity contribution in [3.63, 3.8) is 0 Å². The second-order valence-corrected chi connectivity index (χ2v) is 9.90. The Balaban J connectivity index is 1.60. The van der Waals surface area contributed by atoms with Gasteiger partial charge < -0.3 is 10.1 Å². The van der Waals surface area contributed by atoms with Gasteiger partial charge in [0.25, 0.3) is 0 Å². The molecule has 5 aromatic rings. The van der Waals surface area contributed by atoms with Crippen LogP contribution < -0.4 is 15.0 Å². The normalized spacial score (nSPS) is 11.9. The molecule has 0 unspecified atom stereocenters. The van der Waals surface area contributed by atoms with Gasteiger partial charge in [-0.3, -0.25) is 14.5 Å². The Morgan fingerprint density at radius 1 is 1.00 bits per heavy atom. The van der Waals surface area contributed by atoms with Crippen LogP contribution in [0.25, 0.3) is 16.7 Å². The van der Waals surface area contributed by atoms with Crippen molar-refractivity contribution >= 4 is 28.5 Å². The number of hydrogen-bond donors (Lipinski definition) is 1. The Hall–Kier alpha value is -5.13. The number of amides is 2. The molecule has 0 aliphatic carbocycles. The molecule has 0 saturated carbocycles. The fraction of sp³-hybridized carbons (Fsp3) is 0.276. The Labute approximate surface area is 236 Å². The zero-order valence-electron chi connectivity index (χ0n) is 23.1. The first-order valence-electron chi connectivity index (χ1n) is 13.3. The Morgan fingerprint density at radius 3 is 2.51 bits per heavy atom. The summed E-state index contributed by atoms with van der Waals surface area (Å²) in [6, 6.07) is 20.9.